The topological polar surface area (TPSA) is 83.8 Å². The summed E-state index contributed by atoms with van der Waals surface area (Å²) in [7, 11) is -1.36. The Morgan fingerprint density at radius 1 is 1.52 bits per heavy atom. The molecule has 0 aliphatic carbocycles. The number of nitrogens with one attached hydrogen (secondary N) is 1. The molecule has 7 nitrogen and oxygen atoms in total. The Balaban J connectivity index is 1.91. The number of aromatic nitrogens is 1. The first kappa shape index (κ1) is 15.7. The number of nitrogens with zero attached hydrogens (tertiary/aromatic N) is 3. The average molecular weight is 312 g/mol. The first-order valence-corrected chi connectivity index (χ1v) is 8.62. The van der Waals surface area contributed by atoms with Crippen molar-refractivity contribution < 1.29 is 13.2 Å². The maximum Gasteiger partial charge on any atom is 0.244 e. The quantitative estimate of drug-likeness (QED) is 0.634. The molecule has 1 atom stereocenters. The summed E-state index contributed by atoms with van der Waals surface area (Å²) in [5.74, 6) is -0.590. The molecule has 0 bridgehead atoms. The number of hydrazone groups is 1. The van der Waals surface area contributed by atoms with Crippen LogP contribution < -0.4 is 5.43 Å². The van der Waals surface area contributed by atoms with E-state index >= 15 is 0 Å². The largest absolute Gasteiger partial charge is 0.350 e. The normalized spacial score (nSPS) is 20.8. The molecule has 1 aromatic heterocycles. The first-order chi connectivity index (χ1) is 9.88. The first-order valence-electron chi connectivity index (χ1n) is 6.77. The fraction of sp³-hybridized carbons (Fsp3) is 0.538. The Bertz CT molecular complexity index is 636. The van der Waals surface area contributed by atoms with Crippen molar-refractivity contribution in [2.75, 3.05) is 19.3 Å². The highest BCUT2D eigenvalue weighted by atomic mass is 32.2. The van der Waals surface area contributed by atoms with Gasteiger partial charge >= 0.3 is 0 Å². The van der Waals surface area contributed by atoms with Crippen LogP contribution in [0.1, 0.15) is 18.5 Å². The Hall–Kier alpha value is -1.67. The molecule has 1 aromatic rings. The molecule has 21 heavy (non-hydrogen) atoms. The Kier molecular flexibility index (Phi) is 4.79. The molecule has 0 radical (unpaired) electrons. The second-order valence-corrected chi connectivity index (χ2v) is 7.22. The van der Waals surface area contributed by atoms with E-state index in [1.54, 1.807) is 6.21 Å². The number of amides is 1. The zero-order valence-corrected chi connectivity index (χ0v) is 13.0. The molecule has 1 N–H and O–H groups in total. The number of sulfonamides is 1. The third-order valence-corrected chi connectivity index (χ3v) is 4.85. The number of rotatable bonds is 4. The molecule has 8 heteroatoms. The fourth-order valence-electron chi connectivity index (χ4n) is 2.32. The zero-order chi connectivity index (χ0) is 15.5. The van der Waals surface area contributed by atoms with Crippen molar-refractivity contribution in [1.29, 1.82) is 0 Å². The minimum absolute atomic E-state index is 0.227. The molecule has 1 fully saturated rings. The minimum atomic E-state index is -3.24. The molecular weight excluding hydrogens is 292 g/mol. The van der Waals surface area contributed by atoms with Gasteiger partial charge in [-0.1, -0.05) is 0 Å². The summed E-state index contributed by atoms with van der Waals surface area (Å²) in [6.45, 7) is 0.708. The minimum Gasteiger partial charge on any atom is -0.350 e. The van der Waals surface area contributed by atoms with E-state index in [0.717, 1.165) is 5.69 Å². The van der Waals surface area contributed by atoms with Crippen LogP contribution in [0.2, 0.25) is 0 Å². The SMILES string of the molecule is Cn1cccc1/C=N/NC(=O)C1CCCN(S(C)(=O)=O)C1. The number of aryl methyl sites for hydroxylation is 1. The summed E-state index contributed by atoms with van der Waals surface area (Å²) in [5, 5.41) is 3.92. The highest BCUT2D eigenvalue weighted by Crippen LogP contribution is 2.18. The maximum atomic E-state index is 12.0. The average Bonchev–Trinajstić information content (AvgIpc) is 2.83. The van der Waals surface area contributed by atoms with Crippen LogP contribution >= 0.6 is 0 Å². The van der Waals surface area contributed by atoms with Gasteiger partial charge in [0.2, 0.25) is 15.9 Å². The van der Waals surface area contributed by atoms with E-state index in [2.05, 4.69) is 10.5 Å². The van der Waals surface area contributed by atoms with E-state index in [1.165, 1.54) is 10.6 Å². The van der Waals surface area contributed by atoms with E-state index in [-0.39, 0.29) is 18.4 Å². The summed E-state index contributed by atoms with van der Waals surface area (Å²) in [4.78, 5) is 12.0. The molecule has 2 heterocycles. The van der Waals surface area contributed by atoms with E-state index in [4.69, 9.17) is 0 Å². The molecule has 2 rings (SSSR count). The number of carbonyl (C=O) groups is 1. The van der Waals surface area contributed by atoms with Gasteiger partial charge in [-0.25, -0.2) is 18.1 Å². The summed E-state index contributed by atoms with van der Waals surface area (Å²) in [6.07, 6.45) is 5.98. The van der Waals surface area contributed by atoms with Crippen LogP contribution in [-0.4, -0.2) is 48.8 Å². The number of piperidine rings is 1. The van der Waals surface area contributed by atoms with Gasteiger partial charge in [0.25, 0.3) is 0 Å². The van der Waals surface area contributed by atoms with Gasteiger partial charge in [-0.15, -0.1) is 0 Å². The lowest BCUT2D eigenvalue weighted by molar-refractivity contribution is -0.126. The molecule has 1 unspecified atom stereocenters. The van der Waals surface area contributed by atoms with Gasteiger partial charge in [-0.3, -0.25) is 4.79 Å². The van der Waals surface area contributed by atoms with Gasteiger partial charge in [-0.2, -0.15) is 5.10 Å². The van der Waals surface area contributed by atoms with Gasteiger partial charge in [-0.05, 0) is 25.0 Å². The maximum absolute atomic E-state index is 12.0. The van der Waals surface area contributed by atoms with Gasteiger partial charge in [0.1, 0.15) is 0 Å². The molecule has 1 aliphatic heterocycles. The monoisotopic (exact) mass is 312 g/mol. The van der Waals surface area contributed by atoms with E-state index in [1.807, 2.05) is 29.9 Å². The summed E-state index contributed by atoms with van der Waals surface area (Å²) in [5.41, 5.74) is 3.36. The Morgan fingerprint density at radius 2 is 2.29 bits per heavy atom. The number of hydrogen-bond acceptors (Lipinski definition) is 4. The standard InChI is InChI=1S/C13H20N4O3S/c1-16-7-4-6-12(16)9-14-15-13(18)11-5-3-8-17(10-11)21(2,19)20/h4,6-7,9,11H,3,5,8,10H2,1-2H3,(H,15,18)/b14-9+. The molecule has 116 valence electrons. The van der Waals surface area contributed by atoms with Crippen molar-refractivity contribution >= 4 is 22.1 Å². The lowest BCUT2D eigenvalue weighted by Gasteiger charge is -2.29. The Morgan fingerprint density at radius 3 is 2.90 bits per heavy atom. The van der Waals surface area contributed by atoms with E-state index in [0.29, 0.717) is 19.4 Å². The van der Waals surface area contributed by atoms with Crippen molar-refractivity contribution in [3.8, 4) is 0 Å². The predicted molar refractivity (Wildman–Crippen MR) is 80.3 cm³/mol. The van der Waals surface area contributed by atoms with Gasteiger partial charge in [0, 0.05) is 26.3 Å². The molecule has 0 spiro atoms. The lowest BCUT2D eigenvalue weighted by atomic mass is 9.99. The molecule has 1 amide bonds. The van der Waals surface area contributed by atoms with Gasteiger partial charge < -0.3 is 4.57 Å². The van der Waals surface area contributed by atoms with Crippen LogP contribution in [0.15, 0.2) is 23.4 Å². The summed E-state index contributed by atoms with van der Waals surface area (Å²) < 4.78 is 26.3. The van der Waals surface area contributed by atoms with E-state index in [9.17, 15) is 13.2 Å². The van der Waals surface area contributed by atoms with E-state index < -0.39 is 10.0 Å². The van der Waals surface area contributed by atoms with Crippen LogP contribution in [0.4, 0.5) is 0 Å². The third kappa shape index (κ3) is 4.15. The van der Waals surface area contributed by atoms with Crippen molar-refractivity contribution in [1.82, 2.24) is 14.3 Å². The zero-order valence-electron chi connectivity index (χ0n) is 12.2. The summed E-state index contributed by atoms with van der Waals surface area (Å²) >= 11 is 0. The molecule has 1 aliphatic rings. The van der Waals surface area contributed by atoms with Crippen LogP contribution in [0.3, 0.4) is 0 Å². The highest BCUT2D eigenvalue weighted by molar-refractivity contribution is 7.88. The molecule has 0 saturated carbocycles. The molecular formula is C13H20N4O3S. The lowest BCUT2D eigenvalue weighted by Crippen LogP contribution is -2.44. The smallest absolute Gasteiger partial charge is 0.244 e. The van der Waals surface area contributed by atoms with Crippen LogP contribution in [0.5, 0.6) is 0 Å². The van der Waals surface area contributed by atoms with Gasteiger partial charge in [0.05, 0.1) is 24.1 Å². The second-order valence-electron chi connectivity index (χ2n) is 5.24. The molecule has 1 saturated heterocycles. The highest BCUT2D eigenvalue weighted by Gasteiger charge is 2.29. The van der Waals surface area contributed by atoms with Crippen LogP contribution in [0, 0.1) is 5.92 Å². The molecule has 0 aromatic carbocycles. The van der Waals surface area contributed by atoms with Crippen LogP contribution in [0.25, 0.3) is 0 Å². The second kappa shape index (κ2) is 6.40. The van der Waals surface area contributed by atoms with Crippen molar-refractivity contribution in [3.05, 3.63) is 24.0 Å². The van der Waals surface area contributed by atoms with Crippen LogP contribution in [-0.2, 0) is 21.9 Å². The van der Waals surface area contributed by atoms with Crippen molar-refractivity contribution in [3.63, 3.8) is 0 Å². The Labute approximate surface area is 124 Å². The van der Waals surface area contributed by atoms with Crippen molar-refractivity contribution in [2.45, 2.75) is 12.8 Å². The summed E-state index contributed by atoms with van der Waals surface area (Å²) in [6, 6.07) is 3.76. The fourth-order valence-corrected chi connectivity index (χ4v) is 3.23. The van der Waals surface area contributed by atoms with Crippen molar-refractivity contribution in [2.24, 2.45) is 18.1 Å². The van der Waals surface area contributed by atoms with Gasteiger partial charge in [0.15, 0.2) is 0 Å². The predicted octanol–water partition coefficient (Wildman–Crippen LogP) is 0.147. The number of carbonyl (C=O) groups excluding carboxylic acids is 1. The third-order valence-electron chi connectivity index (χ3n) is 3.58. The number of hydrogen-bond donors (Lipinski definition) is 1.